The van der Waals surface area contributed by atoms with Gasteiger partial charge in [0.25, 0.3) is 0 Å². The number of rotatable bonds is 15. The summed E-state index contributed by atoms with van der Waals surface area (Å²) in [6.45, 7) is 6.33. The molecule has 0 radical (unpaired) electrons. The fourth-order valence-corrected chi connectivity index (χ4v) is 3.24. The first kappa shape index (κ1) is 27.3. The van der Waals surface area contributed by atoms with Gasteiger partial charge in [-0.05, 0) is 72.6 Å². The van der Waals surface area contributed by atoms with Gasteiger partial charge in [-0.15, -0.1) is 0 Å². The van der Waals surface area contributed by atoms with Gasteiger partial charge in [-0.3, -0.25) is 0 Å². The summed E-state index contributed by atoms with van der Waals surface area (Å²) in [5.74, 6) is 1.38. The maximum absolute atomic E-state index is 12.5. The monoisotopic (exact) mass is 504 g/mol. The van der Waals surface area contributed by atoms with Crippen molar-refractivity contribution >= 4 is 11.9 Å². The van der Waals surface area contributed by atoms with Crippen molar-refractivity contribution in [3.05, 3.63) is 96.6 Å². The number of benzene rings is 3. The van der Waals surface area contributed by atoms with Crippen molar-refractivity contribution in [2.75, 3.05) is 13.4 Å². The van der Waals surface area contributed by atoms with Crippen LogP contribution >= 0.6 is 0 Å². The van der Waals surface area contributed by atoms with Gasteiger partial charge in [0, 0.05) is 6.08 Å². The predicted molar refractivity (Wildman–Crippen MR) is 140 cm³/mol. The maximum Gasteiger partial charge on any atom is 0.343 e. The predicted octanol–water partition coefficient (Wildman–Crippen LogP) is 6.51. The van der Waals surface area contributed by atoms with E-state index in [1.54, 1.807) is 60.7 Å². The maximum atomic E-state index is 12.5. The van der Waals surface area contributed by atoms with Crippen LogP contribution in [0, 0.1) is 0 Å². The van der Waals surface area contributed by atoms with Crippen molar-refractivity contribution in [3.63, 3.8) is 0 Å². The van der Waals surface area contributed by atoms with Gasteiger partial charge >= 0.3 is 11.9 Å². The Hall–Kier alpha value is -4.26. The van der Waals surface area contributed by atoms with E-state index in [0.29, 0.717) is 36.0 Å². The van der Waals surface area contributed by atoms with Crippen LogP contribution in [-0.2, 0) is 16.1 Å². The van der Waals surface area contributed by atoms with Gasteiger partial charge in [0.15, 0.2) is 0 Å². The Bertz CT molecular complexity index is 1120. The number of hydrogen-bond acceptors (Lipinski definition) is 7. The van der Waals surface area contributed by atoms with E-state index in [9.17, 15) is 9.59 Å². The second kappa shape index (κ2) is 15.0. The van der Waals surface area contributed by atoms with E-state index in [0.717, 1.165) is 30.2 Å². The molecule has 7 nitrogen and oxygen atoms in total. The SMILES string of the molecule is C=CC(=O)OCOc1ccc(COc2ccc(OC(=O)c3ccc(OCCCCCC)cc3)cc2)cc1. The number of carbonyl (C=O) groups is 2. The molecule has 3 rings (SSSR count). The van der Waals surface area contributed by atoms with Gasteiger partial charge in [0.1, 0.15) is 29.6 Å². The highest BCUT2D eigenvalue weighted by Gasteiger charge is 2.09. The average molecular weight is 505 g/mol. The second-order valence-electron chi connectivity index (χ2n) is 8.16. The van der Waals surface area contributed by atoms with Gasteiger partial charge in [0.2, 0.25) is 6.79 Å². The summed E-state index contributed by atoms with van der Waals surface area (Å²) >= 11 is 0. The lowest BCUT2D eigenvalue weighted by Crippen LogP contribution is -2.08. The summed E-state index contributed by atoms with van der Waals surface area (Å²) in [5, 5.41) is 0. The highest BCUT2D eigenvalue weighted by molar-refractivity contribution is 5.91. The normalized spacial score (nSPS) is 10.3. The van der Waals surface area contributed by atoms with E-state index in [2.05, 4.69) is 13.5 Å². The summed E-state index contributed by atoms with van der Waals surface area (Å²) in [6, 6.07) is 21.0. The highest BCUT2D eigenvalue weighted by Crippen LogP contribution is 2.21. The number of carbonyl (C=O) groups excluding carboxylic acids is 2. The third-order valence-electron chi connectivity index (χ3n) is 5.31. The molecule has 0 heterocycles. The molecule has 194 valence electrons. The van der Waals surface area contributed by atoms with Gasteiger partial charge in [-0.1, -0.05) is 44.9 Å². The number of esters is 2. The molecule has 0 amide bonds. The largest absolute Gasteiger partial charge is 0.494 e. The molecule has 0 unspecified atom stereocenters. The van der Waals surface area contributed by atoms with Crippen LogP contribution < -0.4 is 18.9 Å². The van der Waals surface area contributed by atoms with Crippen LogP contribution in [0.4, 0.5) is 0 Å². The standard InChI is InChI=1S/C30H32O7/c1-3-5-6-7-20-33-25-14-10-24(11-15-25)30(32)37-28-18-16-26(17-19-28)34-21-23-8-12-27(13-9-23)35-22-36-29(31)4-2/h4,8-19H,2-3,5-7,20-22H2,1H3. The lowest BCUT2D eigenvalue weighted by atomic mass is 10.2. The van der Waals surface area contributed by atoms with Crippen LogP contribution in [0.15, 0.2) is 85.5 Å². The van der Waals surface area contributed by atoms with Crippen molar-refractivity contribution in [2.24, 2.45) is 0 Å². The van der Waals surface area contributed by atoms with Gasteiger partial charge in [-0.2, -0.15) is 0 Å². The second-order valence-corrected chi connectivity index (χ2v) is 8.16. The molecule has 0 fully saturated rings. The number of hydrogen-bond donors (Lipinski definition) is 0. The third-order valence-corrected chi connectivity index (χ3v) is 5.31. The molecule has 0 saturated heterocycles. The lowest BCUT2D eigenvalue weighted by molar-refractivity contribution is -0.144. The Morgan fingerprint density at radius 1 is 0.730 bits per heavy atom. The molecule has 37 heavy (non-hydrogen) atoms. The van der Waals surface area contributed by atoms with Crippen molar-refractivity contribution in [1.29, 1.82) is 0 Å². The molecule has 3 aromatic carbocycles. The molecule has 0 aliphatic rings. The van der Waals surface area contributed by atoms with Gasteiger partial charge < -0.3 is 23.7 Å². The van der Waals surface area contributed by atoms with Crippen molar-refractivity contribution in [2.45, 2.75) is 39.2 Å². The van der Waals surface area contributed by atoms with Crippen molar-refractivity contribution < 1.29 is 33.3 Å². The molecule has 3 aromatic rings. The van der Waals surface area contributed by atoms with Crippen molar-refractivity contribution in [1.82, 2.24) is 0 Å². The fraction of sp³-hybridized carbons (Fsp3) is 0.267. The molecule has 0 N–H and O–H groups in total. The van der Waals surface area contributed by atoms with E-state index in [-0.39, 0.29) is 6.79 Å². The Balaban J connectivity index is 1.41. The fourth-order valence-electron chi connectivity index (χ4n) is 3.24. The van der Waals surface area contributed by atoms with E-state index >= 15 is 0 Å². The molecule has 0 aliphatic heterocycles. The zero-order chi connectivity index (χ0) is 26.3. The Morgan fingerprint density at radius 2 is 1.32 bits per heavy atom. The summed E-state index contributed by atoms with van der Waals surface area (Å²) < 4.78 is 27.1. The van der Waals surface area contributed by atoms with Crippen LogP contribution in [0.3, 0.4) is 0 Å². The Morgan fingerprint density at radius 3 is 2.00 bits per heavy atom. The van der Waals surface area contributed by atoms with E-state index in [1.165, 1.54) is 12.8 Å². The van der Waals surface area contributed by atoms with Crippen LogP contribution in [0.1, 0.15) is 48.5 Å². The molecular formula is C30H32O7. The number of unbranched alkanes of at least 4 members (excludes halogenated alkanes) is 3. The quantitative estimate of drug-likeness (QED) is 0.0767. The van der Waals surface area contributed by atoms with Crippen LogP contribution in [0.25, 0.3) is 0 Å². The van der Waals surface area contributed by atoms with Crippen molar-refractivity contribution in [3.8, 4) is 23.0 Å². The zero-order valence-corrected chi connectivity index (χ0v) is 21.0. The van der Waals surface area contributed by atoms with Crippen LogP contribution in [0.2, 0.25) is 0 Å². The van der Waals surface area contributed by atoms with Crippen LogP contribution in [0.5, 0.6) is 23.0 Å². The van der Waals surface area contributed by atoms with Gasteiger partial charge in [0.05, 0.1) is 12.2 Å². The van der Waals surface area contributed by atoms with Gasteiger partial charge in [-0.25, -0.2) is 9.59 Å². The first-order valence-corrected chi connectivity index (χ1v) is 12.3. The summed E-state index contributed by atoms with van der Waals surface area (Å²) in [6.07, 6.45) is 5.66. The molecule has 0 aliphatic carbocycles. The summed E-state index contributed by atoms with van der Waals surface area (Å²) in [4.78, 5) is 23.5. The molecule has 7 heteroatoms. The minimum absolute atomic E-state index is 0.184. The lowest BCUT2D eigenvalue weighted by Gasteiger charge is -2.10. The topological polar surface area (TPSA) is 80.3 Å². The average Bonchev–Trinajstić information content (AvgIpc) is 2.93. The molecule has 0 aromatic heterocycles. The summed E-state index contributed by atoms with van der Waals surface area (Å²) in [7, 11) is 0. The zero-order valence-electron chi connectivity index (χ0n) is 21.0. The minimum Gasteiger partial charge on any atom is -0.494 e. The smallest absolute Gasteiger partial charge is 0.343 e. The number of ether oxygens (including phenoxy) is 5. The van der Waals surface area contributed by atoms with E-state index in [1.807, 2.05) is 12.1 Å². The molecule has 0 atom stereocenters. The summed E-state index contributed by atoms with van der Waals surface area (Å²) in [5.41, 5.74) is 1.38. The van der Waals surface area contributed by atoms with E-state index in [4.69, 9.17) is 23.7 Å². The van der Waals surface area contributed by atoms with E-state index < -0.39 is 11.9 Å². The first-order chi connectivity index (χ1) is 18.1. The van der Waals surface area contributed by atoms with Crippen LogP contribution in [-0.4, -0.2) is 25.3 Å². The molecule has 0 saturated carbocycles. The Kier molecular flexibility index (Phi) is 11.1. The minimum atomic E-state index is -0.543. The molecule has 0 spiro atoms. The first-order valence-electron chi connectivity index (χ1n) is 12.3. The highest BCUT2D eigenvalue weighted by atomic mass is 16.7. The third kappa shape index (κ3) is 9.72. The molecule has 0 bridgehead atoms. The Labute approximate surface area is 217 Å². The molecular weight excluding hydrogens is 472 g/mol.